The monoisotopic (exact) mass is 310 g/mol. The minimum atomic E-state index is -0.146. The number of nitrogens with zero attached hydrogens (tertiary/aromatic N) is 2. The average Bonchev–Trinajstić information content (AvgIpc) is 2.97. The summed E-state index contributed by atoms with van der Waals surface area (Å²) >= 11 is 1.85. The maximum absolute atomic E-state index is 12.7. The maximum atomic E-state index is 12.7. The van der Waals surface area contributed by atoms with Crippen LogP contribution in [0, 0.1) is 0 Å². The van der Waals surface area contributed by atoms with Gasteiger partial charge < -0.3 is 14.7 Å². The Morgan fingerprint density at radius 1 is 1.62 bits per heavy atom. The largest absolute Gasteiger partial charge is 0.473 e. The van der Waals surface area contributed by atoms with E-state index in [2.05, 4.69) is 4.98 Å². The first kappa shape index (κ1) is 16.1. The van der Waals surface area contributed by atoms with Gasteiger partial charge in [-0.15, -0.1) is 0 Å². The van der Waals surface area contributed by atoms with Crippen LogP contribution in [0.15, 0.2) is 18.3 Å². The van der Waals surface area contributed by atoms with Gasteiger partial charge in [0.25, 0.3) is 5.91 Å². The molecule has 1 atom stereocenters. The maximum Gasteiger partial charge on any atom is 0.259 e. The van der Waals surface area contributed by atoms with Gasteiger partial charge >= 0.3 is 0 Å². The second-order valence-electron chi connectivity index (χ2n) is 5.28. The van der Waals surface area contributed by atoms with Crippen LogP contribution in [-0.2, 0) is 0 Å². The van der Waals surface area contributed by atoms with E-state index in [0.29, 0.717) is 18.0 Å². The Morgan fingerprint density at radius 2 is 2.43 bits per heavy atom. The molecule has 1 fully saturated rings. The van der Waals surface area contributed by atoms with Crippen LogP contribution in [0.5, 0.6) is 5.88 Å². The van der Waals surface area contributed by atoms with Gasteiger partial charge in [0.1, 0.15) is 11.7 Å². The summed E-state index contributed by atoms with van der Waals surface area (Å²) in [4.78, 5) is 18.5. The number of pyridine rings is 1. The van der Waals surface area contributed by atoms with Crippen LogP contribution in [0.25, 0.3) is 0 Å². The number of aliphatic hydroxyl groups is 1. The van der Waals surface area contributed by atoms with Crippen molar-refractivity contribution in [3.8, 4) is 5.88 Å². The molecule has 6 heteroatoms. The molecule has 1 N–H and O–H groups in total. The molecule has 2 rings (SSSR count). The summed E-state index contributed by atoms with van der Waals surface area (Å²) in [6, 6.07) is 3.49. The number of carbonyl (C=O) groups is 1. The van der Waals surface area contributed by atoms with E-state index in [9.17, 15) is 4.79 Å². The number of amides is 1. The molecule has 1 saturated heterocycles. The van der Waals surface area contributed by atoms with E-state index in [1.807, 2.05) is 25.6 Å². The average molecular weight is 310 g/mol. The molecule has 2 heterocycles. The van der Waals surface area contributed by atoms with E-state index in [-0.39, 0.29) is 24.7 Å². The van der Waals surface area contributed by atoms with Gasteiger partial charge in [-0.3, -0.25) is 4.79 Å². The first-order valence-electron chi connectivity index (χ1n) is 7.24. The lowest BCUT2D eigenvalue weighted by molar-refractivity contribution is 0.0657. The zero-order valence-corrected chi connectivity index (χ0v) is 13.3. The third-order valence-corrected chi connectivity index (χ3v) is 4.52. The topological polar surface area (TPSA) is 62.7 Å². The van der Waals surface area contributed by atoms with Crippen molar-refractivity contribution in [2.24, 2.45) is 0 Å². The second kappa shape index (κ2) is 7.66. The van der Waals surface area contributed by atoms with Crippen molar-refractivity contribution in [3.05, 3.63) is 23.9 Å². The summed E-state index contributed by atoms with van der Waals surface area (Å²) in [6.45, 7) is 4.11. The summed E-state index contributed by atoms with van der Waals surface area (Å²) in [7, 11) is 0. The summed E-state index contributed by atoms with van der Waals surface area (Å²) in [5.74, 6) is 2.28. The van der Waals surface area contributed by atoms with E-state index in [1.165, 1.54) is 0 Å². The molecule has 0 saturated carbocycles. The third-order valence-electron chi connectivity index (χ3n) is 3.39. The third kappa shape index (κ3) is 4.11. The number of rotatable bonds is 6. The van der Waals surface area contributed by atoms with E-state index >= 15 is 0 Å². The van der Waals surface area contributed by atoms with Gasteiger partial charge in [0.2, 0.25) is 5.88 Å². The molecule has 0 aromatic carbocycles. The van der Waals surface area contributed by atoms with Crippen LogP contribution < -0.4 is 4.74 Å². The molecule has 0 bridgehead atoms. The van der Waals surface area contributed by atoms with E-state index in [4.69, 9.17) is 9.84 Å². The summed E-state index contributed by atoms with van der Waals surface area (Å²) in [6.07, 6.45) is 2.75. The molecular formula is C15H22N2O3S. The highest BCUT2D eigenvalue weighted by Crippen LogP contribution is 2.25. The van der Waals surface area contributed by atoms with Crippen LogP contribution >= 0.6 is 11.8 Å². The minimum absolute atomic E-state index is 0.0137. The molecular weight excluding hydrogens is 288 g/mol. The van der Waals surface area contributed by atoms with E-state index in [1.54, 1.807) is 23.2 Å². The standard InChI is InChI=1S/C15H22N2O3S/c1-11(2)17(7-8-18)15(19)13-4-3-6-16-14(13)20-12-5-9-21-10-12/h3-4,6,11-12,18H,5,7-10H2,1-2H3. The molecule has 1 amide bonds. The van der Waals surface area contributed by atoms with Gasteiger partial charge in [-0.25, -0.2) is 4.98 Å². The predicted molar refractivity (Wildman–Crippen MR) is 83.9 cm³/mol. The molecule has 1 aliphatic heterocycles. The zero-order valence-electron chi connectivity index (χ0n) is 12.5. The Morgan fingerprint density at radius 3 is 3.05 bits per heavy atom. The molecule has 5 nitrogen and oxygen atoms in total. The van der Waals surface area contributed by atoms with Crippen LogP contribution in [0.4, 0.5) is 0 Å². The Kier molecular flexibility index (Phi) is 5.87. The van der Waals surface area contributed by atoms with Crippen molar-refractivity contribution < 1.29 is 14.6 Å². The highest BCUT2D eigenvalue weighted by molar-refractivity contribution is 7.99. The lowest BCUT2D eigenvalue weighted by atomic mass is 10.2. The van der Waals surface area contributed by atoms with Crippen molar-refractivity contribution in [1.82, 2.24) is 9.88 Å². The first-order valence-corrected chi connectivity index (χ1v) is 8.40. The fourth-order valence-electron chi connectivity index (χ4n) is 2.27. The molecule has 1 aromatic rings. The highest BCUT2D eigenvalue weighted by Gasteiger charge is 2.25. The summed E-state index contributed by atoms with van der Waals surface area (Å²) < 4.78 is 5.89. The van der Waals surface area contributed by atoms with Crippen molar-refractivity contribution in [1.29, 1.82) is 0 Å². The number of thioether (sulfide) groups is 1. The highest BCUT2D eigenvalue weighted by atomic mass is 32.2. The van der Waals surface area contributed by atoms with Crippen molar-refractivity contribution >= 4 is 17.7 Å². The van der Waals surface area contributed by atoms with Crippen LogP contribution in [0.3, 0.4) is 0 Å². The molecule has 116 valence electrons. The Balaban J connectivity index is 2.19. The summed E-state index contributed by atoms with van der Waals surface area (Å²) in [5.41, 5.74) is 0.469. The van der Waals surface area contributed by atoms with E-state index in [0.717, 1.165) is 17.9 Å². The molecule has 0 spiro atoms. The smallest absolute Gasteiger partial charge is 0.259 e. The Bertz CT molecular complexity index is 476. The fourth-order valence-corrected chi connectivity index (χ4v) is 3.36. The number of aromatic nitrogens is 1. The number of hydrogen-bond acceptors (Lipinski definition) is 5. The number of aliphatic hydroxyl groups excluding tert-OH is 1. The van der Waals surface area contributed by atoms with Crippen molar-refractivity contribution in [2.75, 3.05) is 24.7 Å². The van der Waals surface area contributed by atoms with Gasteiger partial charge in [0, 0.05) is 24.5 Å². The normalized spacial score (nSPS) is 18.0. The van der Waals surface area contributed by atoms with Gasteiger partial charge in [0.05, 0.1) is 6.61 Å². The van der Waals surface area contributed by atoms with E-state index < -0.39 is 0 Å². The number of ether oxygens (including phenoxy) is 1. The van der Waals surface area contributed by atoms with Gasteiger partial charge in [-0.2, -0.15) is 11.8 Å². The number of hydrogen-bond donors (Lipinski definition) is 1. The summed E-state index contributed by atoms with van der Waals surface area (Å²) in [5, 5.41) is 9.14. The lowest BCUT2D eigenvalue weighted by Crippen LogP contribution is -2.39. The molecule has 1 aromatic heterocycles. The van der Waals surface area contributed by atoms with Crippen LogP contribution in [-0.4, -0.2) is 57.7 Å². The van der Waals surface area contributed by atoms with Crippen LogP contribution in [0.2, 0.25) is 0 Å². The van der Waals surface area contributed by atoms with Gasteiger partial charge in [0.15, 0.2) is 0 Å². The Labute approximate surface area is 129 Å². The van der Waals surface area contributed by atoms with Gasteiger partial charge in [-0.1, -0.05) is 0 Å². The Hall–Kier alpha value is -1.27. The fraction of sp³-hybridized carbons (Fsp3) is 0.600. The lowest BCUT2D eigenvalue weighted by Gasteiger charge is -2.26. The molecule has 1 aliphatic rings. The van der Waals surface area contributed by atoms with Crippen molar-refractivity contribution in [3.63, 3.8) is 0 Å². The second-order valence-corrected chi connectivity index (χ2v) is 6.43. The quantitative estimate of drug-likeness (QED) is 0.868. The zero-order chi connectivity index (χ0) is 15.2. The number of carbonyl (C=O) groups excluding carboxylic acids is 1. The molecule has 0 aliphatic carbocycles. The molecule has 0 radical (unpaired) electrons. The van der Waals surface area contributed by atoms with Crippen LogP contribution in [0.1, 0.15) is 30.6 Å². The molecule has 21 heavy (non-hydrogen) atoms. The predicted octanol–water partition coefficient (Wildman–Crippen LogP) is 1.81. The SMILES string of the molecule is CC(C)N(CCO)C(=O)c1cccnc1OC1CCSC1. The van der Waals surface area contributed by atoms with Crippen molar-refractivity contribution in [2.45, 2.75) is 32.4 Å². The molecule has 1 unspecified atom stereocenters. The van der Waals surface area contributed by atoms with Gasteiger partial charge in [-0.05, 0) is 38.2 Å². The first-order chi connectivity index (χ1) is 10.1. The minimum Gasteiger partial charge on any atom is -0.473 e.